The lowest BCUT2D eigenvalue weighted by molar-refractivity contribution is 0.0432. The minimum absolute atomic E-state index is 0.171. The second-order valence-corrected chi connectivity index (χ2v) is 4.70. The van der Waals surface area contributed by atoms with Gasteiger partial charge < -0.3 is 9.84 Å². The molecule has 1 aliphatic rings. The fraction of sp³-hybridized carbons (Fsp3) is 0.750. The third-order valence-electron chi connectivity index (χ3n) is 3.45. The van der Waals surface area contributed by atoms with Gasteiger partial charge in [-0.05, 0) is 26.3 Å². The zero-order valence-corrected chi connectivity index (χ0v) is 10.2. The van der Waals surface area contributed by atoms with Gasteiger partial charge in [-0.2, -0.15) is 5.10 Å². The van der Waals surface area contributed by atoms with Gasteiger partial charge in [-0.1, -0.05) is 0 Å². The molecule has 1 aromatic rings. The van der Waals surface area contributed by atoms with E-state index in [9.17, 15) is 5.11 Å². The fourth-order valence-corrected chi connectivity index (χ4v) is 2.47. The summed E-state index contributed by atoms with van der Waals surface area (Å²) in [7, 11) is 1.92. The predicted molar refractivity (Wildman–Crippen MR) is 61.2 cm³/mol. The molecule has 0 bridgehead atoms. The Morgan fingerprint density at radius 2 is 2.44 bits per heavy atom. The van der Waals surface area contributed by atoms with Crippen LogP contribution < -0.4 is 0 Å². The normalized spacial score (nSPS) is 27.2. The maximum absolute atomic E-state index is 10.2. The van der Waals surface area contributed by atoms with Crippen LogP contribution >= 0.6 is 0 Å². The van der Waals surface area contributed by atoms with Crippen molar-refractivity contribution < 1.29 is 9.84 Å². The molecular weight excluding hydrogens is 204 g/mol. The van der Waals surface area contributed by atoms with E-state index in [1.807, 2.05) is 31.6 Å². The monoisotopic (exact) mass is 224 g/mol. The van der Waals surface area contributed by atoms with Crippen molar-refractivity contribution in [1.29, 1.82) is 0 Å². The van der Waals surface area contributed by atoms with Crippen LogP contribution in [0.5, 0.6) is 0 Å². The van der Waals surface area contributed by atoms with E-state index in [-0.39, 0.29) is 18.1 Å². The molecule has 16 heavy (non-hydrogen) atoms. The van der Waals surface area contributed by atoms with Gasteiger partial charge in [-0.3, -0.25) is 4.68 Å². The van der Waals surface area contributed by atoms with Crippen molar-refractivity contribution in [3.05, 3.63) is 17.5 Å². The van der Waals surface area contributed by atoms with Crippen LogP contribution in [-0.2, 0) is 18.2 Å². The molecule has 4 heteroatoms. The van der Waals surface area contributed by atoms with E-state index < -0.39 is 0 Å². The third-order valence-corrected chi connectivity index (χ3v) is 3.45. The molecule has 3 unspecified atom stereocenters. The van der Waals surface area contributed by atoms with Crippen molar-refractivity contribution in [3.8, 4) is 0 Å². The van der Waals surface area contributed by atoms with Gasteiger partial charge in [0.05, 0.1) is 17.9 Å². The van der Waals surface area contributed by atoms with E-state index in [0.717, 1.165) is 24.4 Å². The summed E-state index contributed by atoms with van der Waals surface area (Å²) in [5.41, 5.74) is 2.09. The maximum Gasteiger partial charge on any atom is 0.0649 e. The highest BCUT2D eigenvalue weighted by Gasteiger charge is 2.31. The van der Waals surface area contributed by atoms with Gasteiger partial charge in [0.25, 0.3) is 0 Å². The Bertz CT molecular complexity index is 362. The highest BCUT2D eigenvalue weighted by molar-refractivity contribution is 5.10. The van der Waals surface area contributed by atoms with Crippen molar-refractivity contribution in [1.82, 2.24) is 9.78 Å². The van der Waals surface area contributed by atoms with Crippen molar-refractivity contribution in [2.24, 2.45) is 13.0 Å². The Morgan fingerprint density at radius 1 is 1.69 bits per heavy atom. The molecule has 2 rings (SSSR count). The molecule has 0 aromatic carbocycles. The van der Waals surface area contributed by atoms with Crippen LogP contribution in [0.1, 0.15) is 24.7 Å². The molecule has 4 nitrogen and oxygen atoms in total. The summed E-state index contributed by atoms with van der Waals surface area (Å²) < 4.78 is 7.32. The minimum atomic E-state index is -0.327. The van der Waals surface area contributed by atoms with Gasteiger partial charge in [0.15, 0.2) is 0 Å². The van der Waals surface area contributed by atoms with Gasteiger partial charge >= 0.3 is 0 Å². The van der Waals surface area contributed by atoms with Crippen LogP contribution in [0.3, 0.4) is 0 Å². The summed E-state index contributed by atoms with van der Waals surface area (Å²) in [6, 6.07) is 2.03. The van der Waals surface area contributed by atoms with Crippen molar-refractivity contribution >= 4 is 0 Å². The number of aliphatic hydroxyl groups excluding tert-OH is 1. The van der Waals surface area contributed by atoms with Crippen molar-refractivity contribution in [2.75, 3.05) is 6.61 Å². The number of aryl methyl sites for hydroxylation is 2. The molecule has 0 aliphatic carbocycles. The molecule has 0 spiro atoms. The zero-order chi connectivity index (χ0) is 11.7. The van der Waals surface area contributed by atoms with Gasteiger partial charge in [0.1, 0.15) is 0 Å². The summed E-state index contributed by atoms with van der Waals surface area (Å²) in [5, 5.41) is 14.5. The van der Waals surface area contributed by atoms with Crippen LogP contribution in [0.15, 0.2) is 6.07 Å². The van der Waals surface area contributed by atoms with Crippen molar-refractivity contribution in [3.63, 3.8) is 0 Å². The van der Waals surface area contributed by atoms with Gasteiger partial charge in [-0.15, -0.1) is 0 Å². The first-order valence-electron chi connectivity index (χ1n) is 5.87. The first kappa shape index (κ1) is 11.6. The van der Waals surface area contributed by atoms with Crippen LogP contribution in [0, 0.1) is 12.8 Å². The molecule has 3 atom stereocenters. The van der Waals surface area contributed by atoms with Gasteiger partial charge in [0.2, 0.25) is 0 Å². The summed E-state index contributed by atoms with van der Waals surface area (Å²) in [5.74, 6) is 0.259. The molecule has 1 aromatic heterocycles. The summed E-state index contributed by atoms with van der Waals surface area (Å²) >= 11 is 0. The Labute approximate surface area is 96.2 Å². The van der Waals surface area contributed by atoms with Crippen LogP contribution in [0.2, 0.25) is 0 Å². The minimum Gasteiger partial charge on any atom is -0.392 e. The smallest absolute Gasteiger partial charge is 0.0649 e. The van der Waals surface area contributed by atoms with Crippen LogP contribution in [0.4, 0.5) is 0 Å². The first-order chi connectivity index (χ1) is 7.58. The summed E-state index contributed by atoms with van der Waals surface area (Å²) in [6.07, 6.45) is 1.46. The molecule has 1 fully saturated rings. The number of hydrogen-bond donors (Lipinski definition) is 1. The first-order valence-corrected chi connectivity index (χ1v) is 5.87. The van der Waals surface area contributed by atoms with E-state index in [1.165, 1.54) is 0 Å². The average molecular weight is 224 g/mol. The zero-order valence-electron chi connectivity index (χ0n) is 10.2. The second kappa shape index (κ2) is 4.55. The lowest BCUT2D eigenvalue weighted by Gasteiger charge is -2.20. The topological polar surface area (TPSA) is 47.3 Å². The highest BCUT2D eigenvalue weighted by atomic mass is 16.5. The predicted octanol–water partition coefficient (Wildman–Crippen LogP) is 1.06. The quantitative estimate of drug-likeness (QED) is 0.835. The molecule has 2 heterocycles. The molecule has 0 saturated carbocycles. The van der Waals surface area contributed by atoms with E-state index in [4.69, 9.17) is 4.74 Å². The molecule has 0 amide bonds. The molecular formula is C12H20N2O2. The number of rotatable bonds is 3. The highest BCUT2D eigenvalue weighted by Crippen LogP contribution is 2.25. The Balaban J connectivity index is 2.01. The molecule has 0 radical (unpaired) electrons. The van der Waals surface area contributed by atoms with Gasteiger partial charge in [0, 0.05) is 31.7 Å². The summed E-state index contributed by atoms with van der Waals surface area (Å²) in [6.45, 7) is 4.78. The Kier molecular flexibility index (Phi) is 3.30. The van der Waals surface area contributed by atoms with Crippen LogP contribution in [0.25, 0.3) is 0 Å². The summed E-state index contributed by atoms with van der Waals surface area (Å²) in [4.78, 5) is 0. The number of ether oxygens (including phenoxy) is 1. The molecule has 1 aliphatic heterocycles. The van der Waals surface area contributed by atoms with E-state index in [2.05, 4.69) is 5.10 Å². The largest absolute Gasteiger partial charge is 0.392 e. The van der Waals surface area contributed by atoms with E-state index >= 15 is 0 Å². The third kappa shape index (κ3) is 2.28. The molecule has 1 N–H and O–H groups in total. The maximum atomic E-state index is 10.2. The lowest BCUT2D eigenvalue weighted by atomic mass is 9.93. The number of aromatic nitrogens is 2. The number of aliphatic hydroxyl groups is 1. The fourth-order valence-electron chi connectivity index (χ4n) is 2.47. The lowest BCUT2D eigenvalue weighted by Crippen LogP contribution is -2.28. The van der Waals surface area contributed by atoms with Crippen LogP contribution in [-0.4, -0.2) is 33.7 Å². The number of hydrogen-bond acceptors (Lipinski definition) is 3. The SMILES string of the molecule is Cc1cc(CC(O)C2CCOC2C)n(C)n1. The average Bonchev–Trinajstić information content (AvgIpc) is 2.74. The molecule has 1 saturated heterocycles. The van der Waals surface area contributed by atoms with E-state index in [0.29, 0.717) is 6.42 Å². The van der Waals surface area contributed by atoms with Crippen molar-refractivity contribution in [2.45, 2.75) is 38.9 Å². The molecule has 90 valence electrons. The Hall–Kier alpha value is -0.870. The van der Waals surface area contributed by atoms with Gasteiger partial charge in [-0.25, -0.2) is 0 Å². The standard InChI is InChI=1S/C12H20N2O2/c1-8-6-10(14(3)13-8)7-12(15)11-4-5-16-9(11)2/h6,9,11-12,15H,4-5,7H2,1-3H3. The number of nitrogens with zero attached hydrogens (tertiary/aromatic N) is 2. The Morgan fingerprint density at radius 3 is 2.94 bits per heavy atom. The van der Waals surface area contributed by atoms with E-state index in [1.54, 1.807) is 0 Å². The second-order valence-electron chi connectivity index (χ2n) is 4.70.